The summed E-state index contributed by atoms with van der Waals surface area (Å²) in [7, 11) is -0.898. The normalized spacial score (nSPS) is 20.1. The monoisotopic (exact) mass is 555 g/mol. The zero-order chi connectivity index (χ0) is 27.3. The van der Waals surface area contributed by atoms with E-state index in [1.807, 2.05) is 31.2 Å². The van der Waals surface area contributed by atoms with Crippen molar-refractivity contribution < 1.29 is 27.8 Å². The van der Waals surface area contributed by atoms with E-state index in [-0.39, 0.29) is 16.7 Å². The first kappa shape index (κ1) is 28.0. The Morgan fingerprint density at radius 3 is 2.32 bits per heavy atom. The average Bonchev–Trinajstić information content (AvgIpc) is 2.93. The minimum Gasteiger partial charge on any atom is -0.493 e. The molecule has 38 heavy (non-hydrogen) atoms. The van der Waals surface area contributed by atoms with E-state index in [9.17, 15) is 18.3 Å². The lowest BCUT2D eigenvalue weighted by Gasteiger charge is -2.42. The Hall–Kier alpha value is -3.01. The fourth-order valence-electron chi connectivity index (χ4n) is 4.81. The van der Waals surface area contributed by atoms with E-state index in [0.717, 1.165) is 23.3 Å². The summed E-state index contributed by atoms with van der Waals surface area (Å²) >= 11 is 1.60. The fourth-order valence-corrected chi connectivity index (χ4v) is 7.87. The average molecular weight is 556 g/mol. The summed E-state index contributed by atoms with van der Waals surface area (Å²) < 4.78 is 40.0. The van der Waals surface area contributed by atoms with Crippen molar-refractivity contribution in [1.29, 1.82) is 0 Å². The number of methoxy groups -OCH3 is 2. The number of rotatable bonds is 10. The second-order valence-corrected chi connectivity index (χ2v) is 12.6. The van der Waals surface area contributed by atoms with Crippen molar-refractivity contribution in [1.82, 2.24) is 4.31 Å². The molecule has 4 rings (SSSR count). The lowest BCUT2D eigenvalue weighted by atomic mass is 9.90. The molecule has 1 heterocycles. The van der Waals surface area contributed by atoms with Gasteiger partial charge in [0, 0.05) is 11.8 Å². The van der Waals surface area contributed by atoms with Gasteiger partial charge in [0.15, 0.2) is 11.5 Å². The molecule has 202 valence electrons. The Balaban J connectivity index is 1.70. The molecule has 1 fully saturated rings. The summed E-state index contributed by atoms with van der Waals surface area (Å²) in [5.74, 6) is -0.0602. The van der Waals surface area contributed by atoms with Crippen molar-refractivity contribution >= 4 is 27.8 Å². The first-order valence-electron chi connectivity index (χ1n) is 12.4. The van der Waals surface area contributed by atoms with Crippen LogP contribution in [0.3, 0.4) is 0 Å². The SMILES string of the molecule is COc1ccc([C@@H]2C[C@@H](SCCc3ccccc3)[C@H](C(=O)O)CN2S(=O)(=O)c2ccc(C)cc2)cc1OC. The summed E-state index contributed by atoms with van der Waals surface area (Å²) in [6.07, 6.45) is 1.16. The molecular weight excluding hydrogens is 522 g/mol. The van der Waals surface area contributed by atoms with Crippen LogP contribution in [0.15, 0.2) is 77.7 Å². The highest BCUT2D eigenvalue weighted by atomic mass is 32.2. The Kier molecular flexibility index (Phi) is 9.02. The van der Waals surface area contributed by atoms with Gasteiger partial charge in [0.1, 0.15) is 0 Å². The van der Waals surface area contributed by atoms with Gasteiger partial charge in [0.25, 0.3) is 0 Å². The molecular formula is C29H33NO6S2. The number of sulfonamides is 1. The van der Waals surface area contributed by atoms with Gasteiger partial charge in [0.2, 0.25) is 10.0 Å². The zero-order valence-corrected chi connectivity index (χ0v) is 23.4. The molecule has 0 unspecified atom stereocenters. The molecule has 0 radical (unpaired) electrons. The van der Waals surface area contributed by atoms with Crippen molar-refractivity contribution in [3.05, 3.63) is 89.5 Å². The highest BCUT2D eigenvalue weighted by Gasteiger charge is 2.45. The Morgan fingerprint density at radius 1 is 1.00 bits per heavy atom. The lowest BCUT2D eigenvalue weighted by Crippen LogP contribution is -2.49. The van der Waals surface area contributed by atoms with Crippen molar-refractivity contribution in [3.63, 3.8) is 0 Å². The lowest BCUT2D eigenvalue weighted by molar-refractivity contribution is -0.143. The van der Waals surface area contributed by atoms with Crippen molar-refractivity contribution in [3.8, 4) is 11.5 Å². The van der Waals surface area contributed by atoms with Gasteiger partial charge in [-0.3, -0.25) is 4.79 Å². The third-order valence-corrected chi connectivity index (χ3v) is 10.2. The van der Waals surface area contributed by atoms with Gasteiger partial charge in [-0.25, -0.2) is 8.42 Å². The predicted octanol–water partition coefficient (Wildman–Crippen LogP) is 5.19. The molecule has 0 aliphatic carbocycles. The number of benzene rings is 3. The van der Waals surface area contributed by atoms with Crippen LogP contribution >= 0.6 is 11.8 Å². The second-order valence-electron chi connectivity index (χ2n) is 9.34. The van der Waals surface area contributed by atoms with E-state index in [1.54, 1.807) is 55.3 Å². The van der Waals surface area contributed by atoms with E-state index in [4.69, 9.17) is 9.47 Å². The molecule has 0 aromatic heterocycles. The van der Waals surface area contributed by atoms with Gasteiger partial charge in [0.05, 0.1) is 31.1 Å². The molecule has 1 aliphatic heterocycles. The van der Waals surface area contributed by atoms with Crippen molar-refractivity contribution in [2.24, 2.45) is 5.92 Å². The van der Waals surface area contributed by atoms with Gasteiger partial charge in [-0.15, -0.1) is 0 Å². The molecule has 0 amide bonds. The first-order chi connectivity index (χ1) is 18.2. The van der Waals surface area contributed by atoms with Crippen LogP contribution in [-0.2, 0) is 21.2 Å². The Morgan fingerprint density at radius 2 is 1.68 bits per heavy atom. The second kappa shape index (κ2) is 12.2. The van der Waals surface area contributed by atoms with Crippen LogP contribution < -0.4 is 9.47 Å². The Bertz CT molecular complexity index is 1350. The number of piperidine rings is 1. The van der Waals surface area contributed by atoms with E-state index in [2.05, 4.69) is 12.1 Å². The van der Waals surface area contributed by atoms with Gasteiger partial charge in [-0.1, -0.05) is 54.1 Å². The molecule has 1 N–H and O–H groups in total. The quantitative estimate of drug-likeness (QED) is 0.368. The summed E-state index contributed by atoms with van der Waals surface area (Å²) in [4.78, 5) is 12.6. The molecule has 7 nitrogen and oxygen atoms in total. The van der Waals surface area contributed by atoms with Gasteiger partial charge < -0.3 is 14.6 Å². The molecule has 1 saturated heterocycles. The van der Waals surface area contributed by atoms with Crippen molar-refractivity contribution in [2.75, 3.05) is 26.5 Å². The predicted molar refractivity (Wildman–Crippen MR) is 149 cm³/mol. The number of nitrogens with zero attached hydrogens (tertiary/aromatic N) is 1. The molecule has 0 bridgehead atoms. The fraction of sp³-hybridized carbons (Fsp3) is 0.345. The zero-order valence-electron chi connectivity index (χ0n) is 21.7. The number of carboxylic acids is 1. The van der Waals surface area contributed by atoms with Crippen LogP contribution in [0, 0.1) is 12.8 Å². The van der Waals surface area contributed by atoms with E-state index in [0.29, 0.717) is 17.9 Å². The Labute approximate surface area is 228 Å². The molecule has 9 heteroatoms. The minimum atomic E-state index is -3.98. The standard InChI is InChI=1S/C29H33NO6S2/c1-20-9-12-23(13-10-20)38(33,34)30-19-24(29(31)32)28(37-16-15-21-7-5-4-6-8-21)18-25(30)22-11-14-26(35-2)27(17-22)36-3/h4-14,17,24-25,28H,15-16,18-19H2,1-3H3,(H,31,32)/t24-,25+,28-/m1/s1. The van der Waals surface area contributed by atoms with Crippen LogP contribution in [0.2, 0.25) is 0 Å². The molecule has 3 aromatic carbocycles. The first-order valence-corrected chi connectivity index (χ1v) is 14.9. The van der Waals surface area contributed by atoms with Gasteiger partial charge in [-0.2, -0.15) is 16.1 Å². The maximum Gasteiger partial charge on any atom is 0.308 e. The largest absolute Gasteiger partial charge is 0.493 e. The number of thioether (sulfide) groups is 1. The number of hydrogen-bond donors (Lipinski definition) is 1. The summed E-state index contributed by atoms with van der Waals surface area (Å²) in [5.41, 5.74) is 2.86. The number of aryl methyl sites for hydroxylation is 2. The van der Waals surface area contributed by atoms with Crippen LogP contribution in [0.4, 0.5) is 0 Å². The summed E-state index contributed by atoms with van der Waals surface area (Å²) in [6, 6.07) is 21.5. The number of carbonyl (C=O) groups is 1. The topological polar surface area (TPSA) is 93.1 Å². The maximum atomic E-state index is 13.9. The van der Waals surface area contributed by atoms with Gasteiger partial charge in [-0.05, 0) is 60.9 Å². The number of carboxylic acid groups (broad SMARTS) is 1. The van der Waals surface area contributed by atoms with Crippen LogP contribution in [0.25, 0.3) is 0 Å². The van der Waals surface area contributed by atoms with E-state index >= 15 is 0 Å². The van der Waals surface area contributed by atoms with Crippen LogP contribution in [-0.4, -0.2) is 55.6 Å². The van der Waals surface area contributed by atoms with E-state index < -0.39 is 28.0 Å². The van der Waals surface area contributed by atoms with Gasteiger partial charge >= 0.3 is 5.97 Å². The smallest absolute Gasteiger partial charge is 0.308 e. The molecule has 3 atom stereocenters. The molecule has 3 aromatic rings. The highest BCUT2D eigenvalue weighted by molar-refractivity contribution is 7.99. The number of hydrogen-bond acceptors (Lipinski definition) is 6. The highest BCUT2D eigenvalue weighted by Crippen LogP contribution is 2.44. The van der Waals surface area contributed by atoms with Crippen LogP contribution in [0.5, 0.6) is 11.5 Å². The number of ether oxygens (including phenoxy) is 2. The maximum absolute atomic E-state index is 13.9. The van der Waals surface area contributed by atoms with E-state index in [1.165, 1.54) is 17.0 Å². The molecule has 1 aliphatic rings. The molecule has 0 spiro atoms. The summed E-state index contributed by atoms with van der Waals surface area (Å²) in [5, 5.41) is 9.89. The minimum absolute atomic E-state index is 0.118. The van der Waals surface area contributed by atoms with Crippen molar-refractivity contribution in [2.45, 2.75) is 36.0 Å². The third-order valence-electron chi connectivity index (χ3n) is 6.93. The third kappa shape index (κ3) is 6.17. The molecule has 0 saturated carbocycles. The number of aliphatic carboxylic acids is 1. The van der Waals surface area contributed by atoms with Crippen LogP contribution in [0.1, 0.15) is 29.2 Å². The summed E-state index contributed by atoms with van der Waals surface area (Å²) in [6.45, 7) is 1.77.